The van der Waals surface area contributed by atoms with E-state index in [0.717, 1.165) is 27.4 Å². The van der Waals surface area contributed by atoms with Gasteiger partial charge in [-0.25, -0.2) is 4.79 Å². The number of pyridine rings is 1. The zero-order chi connectivity index (χ0) is 13.7. The number of rotatable bonds is 1. The molecule has 0 radical (unpaired) electrons. The average Bonchev–Trinajstić information content (AvgIpc) is 2.91. The molecule has 0 spiro atoms. The summed E-state index contributed by atoms with van der Waals surface area (Å²) in [5, 5.41) is 11.7. The van der Waals surface area contributed by atoms with Gasteiger partial charge in [-0.3, -0.25) is 4.98 Å². The van der Waals surface area contributed by atoms with Crippen LogP contribution < -0.4 is 9.47 Å². The number of hydrogen-bond acceptors (Lipinski definition) is 4. The molecule has 2 heterocycles. The highest BCUT2D eigenvalue weighted by atomic mass is 16.7. The van der Waals surface area contributed by atoms with Crippen LogP contribution in [0.5, 0.6) is 11.5 Å². The monoisotopic (exact) mass is 267 g/mol. The van der Waals surface area contributed by atoms with Gasteiger partial charge in [-0.15, -0.1) is 0 Å². The molecule has 2 aromatic carbocycles. The molecule has 1 N–H and O–H groups in total. The van der Waals surface area contributed by atoms with E-state index in [1.54, 1.807) is 6.07 Å². The van der Waals surface area contributed by atoms with Gasteiger partial charge >= 0.3 is 5.97 Å². The van der Waals surface area contributed by atoms with E-state index >= 15 is 0 Å². The number of carboxylic acids is 1. The number of ether oxygens (including phenoxy) is 2. The predicted molar refractivity (Wildman–Crippen MR) is 72.3 cm³/mol. The maximum absolute atomic E-state index is 11.0. The smallest absolute Gasteiger partial charge is 0.337 e. The van der Waals surface area contributed by atoms with Gasteiger partial charge in [-0.05, 0) is 23.6 Å². The summed E-state index contributed by atoms with van der Waals surface area (Å²) in [5.74, 6) is 0.429. The molecular formula is C15H9NO4. The van der Waals surface area contributed by atoms with Crippen molar-refractivity contribution in [3.05, 3.63) is 42.1 Å². The maximum Gasteiger partial charge on any atom is 0.337 e. The molecule has 1 aliphatic rings. The van der Waals surface area contributed by atoms with E-state index in [1.165, 1.54) is 6.20 Å². The third kappa shape index (κ3) is 1.50. The number of carboxylic acid groups (broad SMARTS) is 1. The topological polar surface area (TPSA) is 68.7 Å². The molecule has 0 aliphatic carbocycles. The van der Waals surface area contributed by atoms with Crippen LogP contribution in [0.4, 0.5) is 0 Å². The zero-order valence-electron chi connectivity index (χ0n) is 10.3. The lowest BCUT2D eigenvalue weighted by molar-refractivity contribution is 0.0696. The first-order valence-corrected chi connectivity index (χ1v) is 6.08. The molecule has 5 heteroatoms. The van der Waals surface area contributed by atoms with Crippen LogP contribution in [-0.4, -0.2) is 22.9 Å². The lowest BCUT2D eigenvalue weighted by Gasteiger charge is -2.05. The van der Waals surface area contributed by atoms with E-state index in [-0.39, 0.29) is 12.4 Å². The Labute approximate surface area is 113 Å². The molecule has 0 atom stereocenters. The van der Waals surface area contributed by atoms with Crippen molar-refractivity contribution < 1.29 is 19.4 Å². The largest absolute Gasteiger partial charge is 0.478 e. The standard InChI is InChI=1S/C15H9NO4/c17-15(18)10-3-9-2-1-8-4-12-13(20-7-19-12)5-11(8)14(9)16-6-10/h1-6H,7H2,(H,17,18). The number of nitrogens with zero attached hydrogens (tertiary/aromatic N) is 1. The summed E-state index contributed by atoms with van der Waals surface area (Å²) in [5.41, 5.74) is 0.934. The molecule has 5 nitrogen and oxygen atoms in total. The van der Waals surface area contributed by atoms with Crippen LogP contribution >= 0.6 is 0 Å². The van der Waals surface area contributed by atoms with Crippen LogP contribution in [0.2, 0.25) is 0 Å². The summed E-state index contributed by atoms with van der Waals surface area (Å²) >= 11 is 0. The highest BCUT2D eigenvalue weighted by Crippen LogP contribution is 2.38. The Kier molecular flexibility index (Phi) is 2.12. The van der Waals surface area contributed by atoms with Crippen LogP contribution in [0.3, 0.4) is 0 Å². The number of fused-ring (bicyclic) bond motifs is 4. The van der Waals surface area contributed by atoms with Crippen LogP contribution in [0, 0.1) is 0 Å². The van der Waals surface area contributed by atoms with Gasteiger partial charge in [-0.2, -0.15) is 0 Å². The second-order valence-electron chi connectivity index (χ2n) is 4.59. The van der Waals surface area contributed by atoms with Gasteiger partial charge in [0.2, 0.25) is 6.79 Å². The minimum Gasteiger partial charge on any atom is -0.478 e. The number of hydrogen-bond donors (Lipinski definition) is 1. The molecule has 0 amide bonds. The summed E-state index contributed by atoms with van der Waals surface area (Å²) < 4.78 is 10.7. The van der Waals surface area contributed by atoms with Crippen LogP contribution in [0.1, 0.15) is 10.4 Å². The minimum absolute atomic E-state index is 0.178. The molecular weight excluding hydrogens is 258 g/mol. The van der Waals surface area contributed by atoms with Gasteiger partial charge in [0.1, 0.15) is 0 Å². The summed E-state index contributed by atoms with van der Waals surface area (Å²) in [7, 11) is 0. The number of aromatic nitrogens is 1. The predicted octanol–water partition coefficient (Wildman–Crippen LogP) is 2.81. The molecule has 0 saturated carbocycles. The Morgan fingerprint density at radius 1 is 1.10 bits per heavy atom. The quantitative estimate of drug-likeness (QED) is 0.686. The van der Waals surface area contributed by atoms with Gasteiger partial charge in [0.15, 0.2) is 11.5 Å². The highest BCUT2D eigenvalue weighted by Gasteiger charge is 2.16. The van der Waals surface area contributed by atoms with E-state index in [4.69, 9.17) is 14.6 Å². The van der Waals surface area contributed by atoms with Crippen molar-refractivity contribution in [3.8, 4) is 11.5 Å². The molecule has 0 saturated heterocycles. The van der Waals surface area contributed by atoms with Crippen LogP contribution in [0.15, 0.2) is 36.5 Å². The minimum atomic E-state index is -0.981. The first kappa shape index (κ1) is 11.0. The number of aromatic carboxylic acids is 1. The lowest BCUT2D eigenvalue weighted by Crippen LogP contribution is -1.97. The number of benzene rings is 2. The Morgan fingerprint density at radius 2 is 1.85 bits per heavy atom. The third-order valence-electron chi connectivity index (χ3n) is 3.41. The molecule has 3 aromatic rings. The van der Waals surface area contributed by atoms with Crippen molar-refractivity contribution in [3.63, 3.8) is 0 Å². The molecule has 1 aliphatic heterocycles. The van der Waals surface area contributed by atoms with E-state index in [0.29, 0.717) is 5.75 Å². The second-order valence-corrected chi connectivity index (χ2v) is 4.59. The van der Waals surface area contributed by atoms with Gasteiger partial charge in [0, 0.05) is 17.0 Å². The van der Waals surface area contributed by atoms with Gasteiger partial charge < -0.3 is 14.6 Å². The average molecular weight is 267 g/mol. The van der Waals surface area contributed by atoms with E-state index in [9.17, 15) is 4.79 Å². The summed E-state index contributed by atoms with van der Waals surface area (Å²) in [6, 6.07) is 9.19. The highest BCUT2D eigenvalue weighted by molar-refractivity contribution is 6.07. The zero-order valence-corrected chi connectivity index (χ0v) is 10.3. The summed E-state index contributed by atoms with van der Waals surface area (Å²) in [6.45, 7) is 0.222. The van der Waals surface area contributed by atoms with Crippen molar-refractivity contribution in [1.29, 1.82) is 0 Å². The first-order valence-electron chi connectivity index (χ1n) is 6.08. The fraction of sp³-hybridized carbons (Fsp3) is 0.0667. The molecule has 1 aromatic heterocycles. The number of carbonyl (C=O) groups is 1. The Morgan fingerprint density at radius 3 is 2.65 bits per heavy atom. The van der Waals surface area contributed by atoms with E-state index in [1.807, 2.05) is 24.3 Å². The van der Waals surface area contributed by atoms with Crippen LogP contribution in [-0.2, 0) is 0 Å². The Balaban J connectivity index is 2.05. The molecule has 0 unspecified atom stereocenters. The maximum atomic E-state index is 11.0. The summed E-state index contributed by atoms with van der Waals surface area (Å²) in [4.78, 5) is 15.3. The fourth-order valence-corrected chi connectivity index (χ4v) is 2.43. The third-order valence-corrected chi connectivity index (χ3v) is 3.41. The van der Waals surface area contributed by atoms with E-state index in [2.05, 4.69) is 4.98 Å². The van der Waals surface area contributed by atoms with Crippen molar-refractivity contribution in [2.45, 2.75) is 0 Å². The van der Waals surface area contributed by atoms with E-state index < -0.39 is 5.97 Å². The van der Waals surface area contributed by atoms with Crippen molar-refractivity contribution in [1.82, 2.24) is 4.98 Å². The fourth-order valence-electron chi connectivity index (χ4n) is 2.43. The summed E-state index contributed by atoms with van der Waals surface area (Å²) in [6.07, 6.45) is 1.37. The molecule has 0 fully saturated rings. The molecule has 98 valence electrons. The van der Waals surface area contributed by atoms with Crippen molar-refractivity contribution >= 4 is 27.6 Å². The molecule has 4 rings (SSSR count). The molecule has 0 bridgehead atoms. The Bertz CT molecular complexity index is 873. The van der Waals surface area contributed by atoms with Gasteiger partial charge in [0.25, 0.3) is 0 Å². The normalized spacial score (nSPS) is 13.0. The van der Waals surface area contributed by atoms with Crippen molar-refractivity contribution in [2.24, 2.45) is 0 Å². The van der Waals surface area contributed by atoms with Gasteiger partial charge in [-0.1, -0.05) is 12.1 Å². The SMILES string of the molecule is O=C(O)c1cnc2c(ccc3cc4c(cc32)OCO4)c1. The van der Waals surface area contributed by atoms with Gasteiger partial charge in [0.05, 0.1) is 11.1 Å². The second kappa shape index (κ2) is 3.84. The van der Waals surface area contributed by atoms with Crippen molar-refractivity contribution in [2.75, 3.05) is 6.79 Å². The van der Waals surface area contributed by atoms with Crippen LogP contribution in [0.25, 0.3) is 21.7 Å². The molecule has 20 heavy (non-hydrogen) atoms. The lowest BCUT2D eigenvalue weighted by atomic mass is 10.0. The first-order chi connectivity index (χ1) is 9.72. The Hall–Kier alpha value is -2.82.